The molecule has 7 nitrogen and oxygen atoms in total. The number of hydrogen-bond acceptors (Lipinski definition) is 5. The maximum absolute atomic E-state index is 12.8. The summed E-state index contributed by atoms with van der Waals surface area (Å²) in [5, 5.41) is 0. The molecule has 0 unspecified atom stereocenters. The molecule has 2 heterocycles. The van der Waals surface area contributed by atoms with E-state index in [1.54, 1.807) is 11.2 Å². The van der Waals surface area contributed by atoms with Crippen LogP contribution in [0.15, 0.2) is 53.1 Å². The third-order valence-corrected chi connectivity index (χ3v) is 5.93. The molecule has 1 aromatic heterocycles. The fourth-order valence-electron chi connectivity index (χ4n) is 3.19. The molecule has 0 N–H and O–H groups in total. The van der Waals surface area contributed by atoms with Gasteiger partial charge in [0, 0.05) is 32.7 Å². The highest BCUT2D eigenvalue weighted by Gasteiger charge is 2.27. The van der Waals surface area contributed by atoms with Crippen molar-refractivity contribution in [1.29, 1.82) is 0 Å². The van der Waals surface area contributed by atoms with Crippen molar-refractivity contribution < 1.29 is 17.6 Å². The number of amides is 1. The van der Waals surface area contributed by atoms with Gasteiger partial charge < -0.3 is 9.32 Å². The van der Waals surface area contributed by atoms with E-state index in [9.17, 15) is 13.2 Å². The first-order chi connectivity index (χ1) is 12.9. The smallest absolute Gasteiger partial charge is 0.236 e. The second-order valence-corrected chi connectivity index (χ2v) is 8.74. The minimum atomic E-state index is -3.20. The van der Waals surface area contributed by atoms with Gasteiger partial charge in [-0.3, -0.25) is 9.69 Å². The Morgan fingerprint density at radius 3 is 2.33 bits per heavy atom. The number of benzene rings is 1. The molecular formula is C19H25N3O4S. The summed E-state index contributed by atoms with van der Waals surface area (Å²) in [5.41, 5.74) is 1.12. The van der Waals surface area contributed by atoms with Crippen LogP contribution in [0.5, 0.6) is 0 Å². The molecule has 27 heavy (non-hydrogen) atoms. The normalized spacial score (nSPS) is 16.0. The van der Waals surface area contributed by atoms with Crippen LogP contribution in [0.25, 0.3) is 0 Å². The maximum Gasteiger partial charge on any atom is 0.236 e. The summed E-state index contributed by atoms with van der Waals surface area (Å²) in [6.07, 6.45) is 2.83. The molecule has 1 fully saturated rings. The fraction of sp³-hybridized carbons (Fsp3) is 0.421. The summed E-state index contributed by atoms with van der Waals surface area (Å²) in [5.74, 6) is 0.811. The fourth-order valence-corrected chi connectivity index (χ4v) is 4.02. The number of furan rings is 1. The standard InChI is InChI=1S/C19H25N3O4S/c1-27(24,25)22-11-9-21(10-12-22)19(23)16-20(15-18-8-5-13-26-18)14-17-6-3-2-4-7-17/h2-8,13H,9-12,14-16H2,1H3. The molecule has 146 valence electrons. The summed E-state index contributed by atoms with van der Waals surface area (Å²) in [4.78, 5) is 16.5. The first-order valence-corrected chi connectivity index (χ1v) is 10.8. The van der Waals surface area contributed by atoms with Crippen molar-refractivity contribution in [3.05, 3.63) is 60.1 Å². The summed E-state index contributed by atoms with van der Waals surface area (Å²) in [6.45, 7) is 2.97. The Morgan fingerprint density at radius 2 is 1.74 bits per heavy atom. The van der Waals surface area contributed by atoms with E-state index in [-0.39, 0.29) is 12.5 Å². The minimum Gasteiger partial charge on any atom is -0.468 e. The van der Waals surface area contributed by atoms with Crippen LogP contribution in [0.2, 0.25) is 0 Å². The second-order valence-electron chi connectivity index (χ2n) is 6.75. The van der Waals surface area contributed by atoms with Crippen LogP contribution < -0.4 is 0 Å². The van der Waals surface area contributed by atoms with Crippen molar-refractivity contribution in [1.82, 2.24) is 14.1 Å². The predicted molar refractivity (Wildman–Crippen MR) is 102 cm³/mol. The first-order valence-electron chi connectivity index (χ1n) is 8.93. The van der Waals surface area contributed by atoms with E-state index in [2.05, 4.69) is 0 Å². The van der Waals surface area contributed by atoms with Gasteiger partial charge in [-0.1, -0.05) is 30.3 Å². The Bertz CT molecular complexity index is 829. The summed E-state index contributed by atoms with van der Waals surface area (Å²) >= 11 is 0. The Balaban J connectivity index is 1.62. The highest BCUT2D eigenvalue weighted by Crippen LogP contribution is 2.12. The topological polar surface area (TPSA) is 74.1 Å². The van der Waals surface area contributed by atoms with Gasteiger partial charge in [-0.15, -0.1) is 0 Å². The molecule has 0 atom stereocenters. The quantitative estimate of drug-likeness (QED) is 0.713. The van der Waals surface area contributed by atoms with Crippen LogP contribution in [0, 0.1) is 0 Å². The van der Waals surface area contributed by atoms with Gasteiger partial charge in [0.1, 0.15) is 5.76 Å². The molecule has 1 aromatic carbocycles. The van der Waals surface area contributed by atoms with E-state index >= 15 is 0 Å². The van der Waals surface area contributed by atoms with E-state index < -0.39 is 10.0 Å². The molecule has 1 amide bonds. The van der Waals surface area contributed by atoms with Crippen LogP contribution in [0.3, 0.4) is 0 Å². The third-order valence-electron chi connectivity index (χ3n) is 4.63. The lowest BCUT2D eigenvalue weighted by Crippen LogP contribution is -2.52. The van der Waals surface area contributed by atoms with Gasteiger partial charge in [-0.05, 0) is 17.7 Å². The van der Waals surface area contributed by atoms with E-state index in [1.807, 2.05) is 47.4 Å². The molecule has 0 aliphatic carbocycles. The Kier molecular flexibility index (Phi) is 6.30. The number of nitrogens with zero attached hydrogens (tertiary/aromatic N) is 3. The van der Waals surface area contributed by atoms with Crippen molar-refractivity contribution in [2.45, 2.75) is 13.1 Å². The van der Waals surface area contributed by atoms with E-state index in [0.29, 0.717) is 39.3 Å². The van der Waals surface area contributed by atoms with Crippen molar-refractivity contribution >= 4 is 15.9 Å². The zero-order valence-corrected chi connectivity index (χ0v) is 16.3. The largest absolute Gasteiger partial charge is 0.468 e. The lowest BCUT2D eigenvalue weighted by Gasteiger charge is -2.34. The average Bonchev–Trinajstić information content (AvgIpc) is 3.15. The average molecular weight is 391 g/mol. The maximum atomic E-state index is 12.8. The van der Waals surface area contributed by atoms with E-state index in [1.165, 1.54) is 10.6 Å². The van der Waals surface area contributed by atoms with Crippen LogP contribution in [-0.4, -0.2) is 67.4 Å². The molecule has 3 rings (SSSR count). The van der Waals surface area contributed by atoms with Gasteiger partial charge in [0.05, 0.1) is 25.6 Å². The van der Waals surface area contributed by atoms with Crippen LogP contribution in [0.4, 0.5) is 0 Å². The Morgan fingerprint density at radius 1 is 1.04 bits per heavy atom. The molecule has 0 bridgehead atoms. The van der Waals surface area contributed by atoms with Gasteiger partial charge in [-0.2, -0.15) is 4.31 Å². The van der Waals surface area contributed by atoms with Gasteiger partial charge in [0.2, 0.25) is 15.9 Å². The third kappa shape index (κ3) is 5.66. The number of hydrogen-bond donors (Lipinski definition) is 0. The minimum absolute atomic E-state index is 0.00522. The summed E-state index contributed by atoms with van der Waals surface area (Å²) in [7, 11) is -3.20. The number of sulfonamides is 1. The highest BCUT2D eigenvalue weighted by molar-refractivity contribution is 7.88. The molecule has 8 heteroatoms. The number of rotatable bonds is 7. The first kappa shape index (κ1) is 19.6. The van der Waals surface area contributed by atoms with Gasteiger partial charge >= 0.3 is 0 Å². The van der Waals surface area contributed by atoms with E-state index in [0.717, 1.165) is 11.3 Å². The lowest BCUT2D eigenvalue weighted by molar-refractivity contribution is -0.134. The second kappa shape index (κ2) is 8.69. The molecule has 2 aromatic rings. The number of piperazine rings is 1. The van der Waals surface area contributed by atoms with Crippen molar-refractivity contribution in [3.8, 4) is 0 Å². The van der Waals surface area contributed by atoms with Crippen LogP contribution in [-0.2, 0) is 27.9 Å². The molecule has 1 aliphatic rings. The van der Waals surface area contributed by atoms with Gasteiger partial charge in [0.15, 0.2) is 0 Å². The molecule has 1 aliphatic heterocycles. The molecule has 0 radical (unpaired) electrons. The highest BCUT2D eigenvalue weighted by atomic mass is 32.2. The van der Waals surface area contributed by atoms with Crippen LogP contribution in [0.1, 0.15) is 11.3 Å². The van der Waals surface area contributed by atoms with Gasteiger partial charge in [0.25, 0.3) is 0 Å². The zero-order valence-electron chi connectivity index (χ0n) is 15.5. The van der Waals surface area contributed by atoms with Gasteiger partial charge in [-0.25, -0.2) is 8.42 Å². The zero-order chi connectivity index (χ0) is 19.3. The van der Waals surface area contributed by atoms with Crippen molar-refractivity contribution in [2.75, 3.05) is 39.0 Å². The summed E-state index contributed by atoms with van der Waals surface area (Å²) in [6, 6.07) is 13.7. The molecule has 0 saturated carbocycles. The summed E-state index contributed by atoms with van der Waals surface area (Å²) < 4.78 is 30.1. The predicted octanol–water partition coefficient (Wildman–Crippen LogP) is 1.39. The van der Waals surface area contributed by atoms with Crippen molar-refractivity contribution in [3.63, 3.8) is 0 Å². The monoisotopic (exact) mass is 391 g/mol. The molecular weight excluding hydrogens is 366 g/mol. The van der Waals surface area contributed by atoms with E-state index in [4.69, 9.17) is 4.42 Å². The molecule has 1 saturated heterocycles. The molecule has 0 spiro atoms. The lowest BCUT2D eigenvalue weighted by atomic mass is 10.2. The number of carbonyl (C=O) groups excluding carboxylic acids is 1. The Hall–Kier alpha value is -2.16. The van der Waals surface area contributed by atoms with Crippen LogP contribution >= 0.6 is 0 Å². The number of carbonyl (C=O) groups is 1. The Labute approximate surface area is 160 Å². The van der Waals surface area contributed by atoms with Crippen molar-refractivity contribution in [2.24, 2.45) is 0 Å². The SMILES string of the molecule is CS(=O)(=O)N1CCN(C(=O)CN(Cc2ccccc2)Cc2ccco2)CC1.